The Bertz CT molecular complexity index is 463. The van der Waals surface area contributed by atoms with Crippen molar-refractivity contribution in [3.05, 3.63) is 0 Å². The Kier molecular flexibility index (Phi) is 4.53. The van der Waals surface area contributed by atoms with Crippen LogP contribution in [0.1, 0.15) is 84.5 Å². The molecule has 0 amide bonds. The summed E-state index contributed by atoms with van der Waals surface area (Å²) in [5, 5.41) is 20.4. The van der Waals surface area contributed by atoms with E-state index in [1.165, 1.54) is 57.8 Å². The molecule has 0 aromatic carbocycles. The molecular formula is C22H38O2. The Morgan fingerprint density at radius 1 is 0.917 bits per heavy atom. The maximum atomic E-state index is 11.1. The van der Waals surface area contributed by atoms with Crippen LogP contribution in [-0.2, 0) is 0 Å². The zero-order valence-electron chi connectivity index (χ0n) is 15.8. The summed E-state index contributed by atoms with van der Waals surface area (Å²) in [6, 6.07) is 0. The highest BCUT2D eigenvalue weighted by molar-refractivity contribution is 5.10. The van der Waals surface area contributed by atoms with Gasteiger partial charge in [-0.3, -0.25) is 0 Å². The van der Waals surface area contributed by atoms with Crippen molar-refractivity contribution in [1.82, 2.24) is 0 Å². The lowest BCUT2D eigenvalue weighted by molar-refractivity contribution is -0.162. The van der Waals surface area contributed by atoms with E-state index in [4.69, 9.17) is 0 Å². The van der Waals surface area contributed by atoms with Crippen LogP contribution in [0.3, 0.4) is 0 Å². The molecule has 4 fully saturated rings. The summed E-state index contributed by atoms with van der Waals surface area (Å²) in [4.78, 5) is 0. The second-order valence-corrected chi connectivity index (χ2v) is 10.2. The standard InChI is InChI=1S/C22H38O2/c1-21-11-4-3-6-16(21)14-19(24)20-17-9-8-15(7-5-13-23)22(17,2)12-10-18(20)21/h15-20,23-24H,3-14H2,1-2H3/t15-,16-,17?,18?,19-,20?,21-,22+/m0/s1. The summed E-state index contributed by atoms with van der Waals surface area (Å²) < 4.78 is 0. The van der Waals surface area contributed by atoms with Gasteiger partial charge in [-0.05, 0) is 98.2 Å². The summed E-state index contributed by atoms with van der Waals surface area (Å²) in [6.07, 6.45) is 14.1. The summed E-state index contributed by atoms with van der Waals surface area (Å²) in [6.45, 7) is 5.46. The van der Waals surface area contributed by atoms with Crippen molar-refractivity contribution in [1.29, 1.82) is 0 Å². The van der Waals surface area contributed by atoms with Crippen LogP contribution < -0.4 is 0 Å². The fourth-order valence-corrected chi connectivity index (χ4v) is 8.18. The van der Waals surface area contributed by atoms with Gasteiger partial charge in [-0.1, -0.05) is 26.7 Å². The highest BCUT2D eigenvalue weighted by Gasteiger charge is 2.61. The molecule has 0 spiro atoms. The van der Waals surface area contributed by atoms with Crippen molar-refractivity contribution >= 4 is 0 Å². The lowest BCUT2D eigenvalue weighted by atomic mass is 9.44. The smallest absolute Gasteiger partial charge is 0.0577 e. The minimum Gasteiger partial charge on any atom is -0.396 e. The van der Waals surface area contributed by atoms with E-state index in [0.29, 0.717) is 23.4 Å². The van der Waals surface area contributed by atoms with Gasteiger partial charge in [-0.25, -0.2) is 0 Å². The van der Waals surface area contributed by atoms with E-state index in [0.717, 1.165) is 36.5 Å². The first-order valence-electron chi connectivity index (χ1n) is 10.8. The number of aliphatic hydroxyl groups excluding tert-OH is 2. The van der Waals surface area contributed by atoms with Crippen molar-refractivity contribution in [3.63, 3.8) is 0 Å². The largest absolute Gasteiger partial charge is 0.396 e. The predicted molar refractivity (Wildman–Crippen MR) is 97.5 cm³/mol. The normalized spacial score (nSPS) is 54.0. The minimum absolute atomic E-state index is 0.0487. The molecule has 0 aliphatic heterocycles. The van der Waals surface area contributed by atoms with Gasteiger partial charge in [0.05, 0.1) is 6.10 Å². The van der Waals surface area contributed by atoms with E-state index >= 15 is 0 Å². The molecule has 4 aliphatic carbocycles. The van der Waals surface area contributed by atoms with Gasteiger partial charge in [-0.15, -0.1) is 0 Å². The van der Waals surface area contributed by atoms with Crippen molar-refractivity contribution in [2.24, 2.45) is 40.4 Å². The average molecular weight is 335 g/mol. The second-order valence-electron chi connectivity index (χ2n) is 10.2. The molecule has 0 heterocycles. The minimum atomic E-state index is -0.0487. The maximum absolute atomic E-state index is 11.1. The van der Waals surface area contributed by atoms with E-state index < -0.39 is 0 Å². The Morgan fingerprint density at radius 3 is 2.50 bits per heavy atom. The van der Waals surface area contributed by atoms with Crippen LogP contribution in [0.2, 0.25) is 0 Å². The third-order valence-electron chi connectivity index (χ3n) is 9.51. The molecule has 138 valence electrons. The molecule has 24 heavy (non-hydrogen) atoms. The van der Waals surface area contributed by atoms with Crippen molar-refractivity contribution in [2.75, 3.05) is 6.61 Å². The molecular weight excluding hydrogens is 296 g/mol. The molecule has 4 rings (SSSR count). The second kappa shape index (κ2) is 6.27. The van der Waals surface area contributed by atoms with Gasteiger partial charge in [0.15, 0.2) is 0 Å². The van der Waals surface area contributed by atoms with Crippen molar-refractivity contribution < 1.29 is 10.2 Å². The highest BCUT2D eigenvalue weighted by atomic mass is 16.3. The Hall–Kier alpha value is -0.0800. The van der Waals surface area contributed by atoms with Crippen LogP contribution in [0.4, 0.5) is 0 Å². The van der Waals surface area contributed by atoms with Crippen LogP contribution in [0.15, 0.2) is 0 Å². The molecule has 3 unspecified atom stereocenters. The van der Waals surface area contributed by atoms with Gasteiger partial charge in [-0.2, -0.15) is 0 Å². The van der Waals surface area contributed by atoms with E-state index in [2.05, 4.69) is 13.8 Å². The molecule has 2 nitrogen and oxygen atoms in total. The molecule has 0 aromatic heterocycles. The molecule has 0 radical (unpaired) electrons. The van der Waals surface area contributed by atoms with E-state index in [9.17, 15) is 10.2 Å². The fraction of sp³-hybridized carbons (Fsp3) is 1.00. The molecule has 8 atom stereocenters. The first-order valence-corrected chi connectivity index (χ1v) is 10.8. The van der Waals surface area contributed by atoms with Crippen molar-refractivity contribution in [3.8, 4) is 0 Å². The van der Waals surface area contributed by atoms with Crippen LogP contribution in [0.25, 0.3) is 0 Å². The van der Waals surface area contributed by atoms with Crippen molar-refractivity contribution in [2.45, 2.75) is 90.6 Å². The SMILES string of the molecule is C[C@]12CCC3C(C1CC[C@@H]2CCCO)[C@@H](O)C[C@@H]1CCCC[C@]31C. The lowest BCUT2D eigenvalue weighted by Gasteiger charge is -2.62. The topological polar surface area (TPSA) is 40.5 Å². The monoisotopic (exact) mass is 334 g/mol. The average Bonchev–Trinajstić information content (AvgIpc) is 2.90. The molecule has 0 aromatic rings. The number of aliphatic hydroxyl groups is 2. The van der Waals surface area contributed by atoms with E-state index in [-0.39, 0.29) is 6.10 Å². The van der Waals surface area contributed by atoms with Gasteiger partial charge < -0.3 is 10.2 Å². The first-order chi connectivity index (χ1) is 11.5. The van der Waals surface area contributed by atoms with Gasteiger partial charge in [0.1, 0.15) is 0 Å². The fourth-order valence-electron chi connectivity index (χ4n) is 8.18. The number of rotatable bonds is 3. The van der Waals surface area contributed by atoms with E-state index in [1.807, 2.05) is 0 Å². The molecule has 0 bridgehead atoms. The lowest BCUT2D eigenvalue weighted by Crippen LogP contribution is -2.57. The predicted octanol–water partition coefficient (Wildman–Crippen LogP) is 4.78. The Morgan fingerprint density at radius 2 is 1.71 bits per heavy atom. The van der Waals surface area contributed by atoms with Gasteiger partial charge in [0.25, 0.3) is 0 Å². The number of fused-ring (bicyclic) bond motifs is 5. The summed E-state index contributed by atoms with van der Waals surface area (Å²) in [5.41, 5.74) is 0.932. The van der Waals surface area contributed by atoms with Crippen LogP contribution in [0.5, 0.6) is 0 Å². The zero-order chi connectivity index (χ0) is 16.9. The maximum Gasteiger partial charge on any atom is 0.0577 e. The zero-order valence-corrected chi connectivity index (χ0v) is 15.8. The molecule has 4 aliphatic rings. The Labute approximate surface area is 148 Å². The third kappa shape index (κ3) is 2.42. The number of hydrogen-bond acceptors (Lipinski definition) is 2. The number of hydrogen-bond donors (Lipinski definition) is 2. The molecule has 0 saturated heterocycles. The third-order valence-corrected chi connectivity index (χ3v) is 9.51. The van der Waals surface area contributed by atoms with Crippen LogP contribution in [-0.4, -0.2) is 22.9 Å². The Balaban J connectivity index is 1.60. The van der Waals surface area contributed by atoms with Gasteiger partial charge in [0.2, 0.25) is 0 Å². The molecule has 2 N–H and O–H groups in total. The summed E-state index contributed by atoms with van der Waals surface area (Å²) in [5.74, 6) is 3.61. The van der Waals surface area contributed by atoms with Gasteiger partial charge in [0, 0.05) is 6.61 Å². The van der Waals surface area contributed by atoms with E-state index in [1.54, 1.807) is 0 Å². The van der Waals surface area contributed by atoms with Crippen LogP contribution in [0, 0.1) is 40.4 Å². The molecule has 4 saturated carbocycles. The quantitative estimate of drug-likeness (QED) is 0.780. The molecule has 2 heteroatoms. The summed E-state index contributed by atoms with van der Waals surface area (Å²) >= 11 is 0. The van der Waals surface area contributed by atoms with Crippen LogP contribution >= 0.6 is 0 Å². The highest BCUT2D eigenvalue weighted by Crippen LogP contribution is 2.67. The summed E-state index contributed by atoms with van der Waals surface area (Å²) in [7, 11) is 0. The first kappa shape index (κ1) is 17.3. The van der Waals surface area contributed by atoms with Gasteiger partial charge >= 0.3 is 0 Å².